The Kier molecular flexibility index (Phi) is 5.41. The summed E-state index contributed by atoms with van der Waals surface area (Å²) in [6.07, 6.45) is 0. The van der Waals surface area contributed by atoms with Crippen molar-refractivity contribution in [1.82, 2.24) is 10.3 Å². The first-order valence-electron chi connectivity index (χ1n) is 6.97. The topological polar surface area (TPSA) is 75.3 Å². The van der Waals surface area contributed by atoms with Gasteiger partial charge in [-0.2, -0.15) is 0 Å². The molecule has 0 fully saturated rings. The molecule has 0 saturated carbocycles. The molecule has 0 aliphatic carbocycles. The second-order valence-electron chi connectivity index (χ2n) is 5.29. The van der Waals surface area contributed by atoms with Crippen LogP contribution in [0.25, 0.3) is 0 Å². The third-order valence-corrected chi connectivity index (χ3v) is 4.78. The van der Waals surface area contributed by atoms with Gasteiger partial charge in [-0.1, -0.05) is 37.6 Å². The van der Waals surface area contributed by atoms with Gasteiger partial charge in [0.25, 0.3) is 15.9 Å². The van der Waals surface area contributed by atoms with E-state index < -0.39 is 15.9 Å². The normalized spacial score (nSPS) is 11.5. The highest BCUT2D eigenvalue weighted by molar-refractivity contribution is 7.89. The highest BCUT2D eigenvalue weighted by Gasteiger charge is 2.16. The first-order valence-corrected chi connectivity index (χ1v) is 8.83. The van der Waals surface area contributed by atoms with Gasteiger partial charge in [-0.25, -0.2) is 8.42 Å². The van der Waals surface area contributed by atoms with Crippen molar-refractivity contribution in [3.63, 3.8) is 0 Å². The van der Waals surface area contributed by atoms with Crippen LogP contribution in [0.5, 0.6) is 0 Å². The van der Waals surface area contributed by atoms with E-state index in [4.69, 9.17) is 11.6 Å². The Hall–Kier alpha value is -1.89. The van der Waals surface area contributed by atoms with E-state index in [2.05, 4.69) is 10.3 Å². The lowest BCUT2D eigenvalue weighted by Crippen LogP contribution is -2.41. The van der Waals surface area contributed by atoms with Gasteiger partial charge in [0.1, 0.15) is 0 Å². The highest BCUT2D eigenvalue weighted by atomic mass is 35.5. The summed E-state index contributed by atoms with van der Waals surface area (Å²) in [4.78, 5) is 14.1. The van der Waals surface area contributed by atoms with Crippen LogP contribution in [-0.2, 0) is 10.0 Å². The summed E-state index contributed by atoms with van der Waals surface area (Å²) in [7, 11) is -3.82. The molecule has 7 heteroatoms. The maximum absolute atomic E-state index is 12.2. The maximum atomic E-state index is 12.2. The zero-order valence-electron chi connectivity index (χ0n) is 12.7. The van der Waals surface area contributed by atoms with E-state index >= 15 is 0 Å². The van der Waals surface area contributed by atoms with Crippen LogP contribution in [0.3, 0.4) is 0 Å². The molecule has 0 spiro atoms. The van der Waals surface area contributed by atoms with Gasteiger partial charge in [-0.05, 0) is 47.9 Å². The van der Waals surface area contributed by atoms with Crippen molar-refractivity contribution in [2.45, 2.75) is 24.7 Å². The minimum atomic E-state index is -3.82. The van der Waals surface area contributed by atoms with Crippen molar-refractivity contribution in [3.8, 4) is 0 Å². The van der Waals surface area contributed by atoms with Crippen molar-refractivity contribution in [2.75, 3.05) is 0 Å². The Morgan fingerprint density at radius 3 is 2.09 bits per heavy atom. The van der Waals surface area contributed by atoms with Gasteiger partial charge in [0.15, 0.2) is 0 Å². The Bertz CT molecular complexity index is 785. The Labute approximate surface area is 140 Å². The molecule has 2 N–H and O–H groups in total. The van der Waals surface area contributed by atoms with Gasteiger partial charge in [0.05, 0.1) is 4.90 Å². The molecule has 2 aromatic carbocycles. The number of hydrazine groups is 1. The van der Waals surface area contributed by atoms with Gasteiger partial charge in [-0.3, -0.25) is 10.2 Å². The predicted molar refractivity (Wildman–Crippen MR) is 89.8 cm³/mol. The van der Waals surface area contributed by atoms with Crippen molar-refractivity contribution in [3.05, 3.63) is 64.7 Å². The minimum Gasteiger partial charge on any atom is -0.273 e. The Morgan fingerprint density at radius 2 is 1.57 bits per heavy atom. The standard InChI is InChI=1S/C16H17ClN2O3S/c1-11(2)12-5-9-15(10-6-12)23(21,22)19-18-16(20)13-3-7-14(17)8-4-13/h3-11,19H,1-2H3,(H,18,20). The van der Waals surface area contributed by atoms with E-state index in [0.717, 1.165) is 5.56 Å². The molecule has 0 heterocycles. The molecule has 0 aromatic heterocycles. The summed E-state index contributed by atoms with van der Waals surface area (Å²) in [6.45, 7) is 4.04. The molecule has 0 aliphatic rings. The van der Waals surface area contributed by atoms with Crippen molar-refractivity contribution in [2.24, 2.45) is 0 Å². The molecule has 0 bridgehead atoms. The molecule has 23 heavy (non-hydrogen) atoms. The van der Waals surface area contributed by atoms with Crippen LogP contribution in [0, 0.1) is 0 Å². The number of halogens is 1. The molecular weight excluding hydrogens is 336 g/mol. The minimum absolute atomic E-state index is 0.0818. The first kappa shape index (κ1) is 17.5. The van der Waals surface area contributed by atoms with Gasteiger partial charge in [0.2, 0.25) is 0 Å². The fourth-order valence-electron chi connectivity index (χ4n) is 1.88. The summed E-state index contributed by atoms with van der Waals surface area (Å²) in [6, 6.07) is 12.6. The van der Waals surface area contributed by atoms with Gasteiger partial charge in [0, 0.05) is 10.6 Å². The fraction of sp³-hybridized carbons (Fsp3) is 0.188. The molecule has 0 atom stereocenters. The second-order valence-corrected chi connectivity index (χ2v) is 7.41. The predicted octanol–water partition coefficient (Wildman–Crippen LogP) is 3.09. The number of benzene rings is 2. The van der Waals surface area contributed by atoms with Gasteiger partial charge in [-0.15, -0.1) is 4.83 Å². The Balaban J connectivity index is 2.06. The van der Waals surface area contributed by atoms with Crippen molar-refractivity contribution >= 4 is 27.5 Å². The molecule has 0 unspecified atom stereocenters. The molecule has 1 amide bonds. The summed E-state index contributed by atoms with van der Waals surface area (Å²) >= 11 is 5.74. The number of amides is 1. The van der Waals surface area contributed by atoms with Crippen LogP contribution in [0.4, 0.5) is 0 Å². The third-order valence-electron chi connectivity index (χ3n) is 3.26. The van der Waals surface area contributed by atoms with Crippen molar-refractivity contribution < 1.29 is 13.2 Å². The number of sulfonamides is 1. The lowest BCUT2D eigenvalue weighted by molar-refractivity contribution is 0.0945. The summed E-state index contributed by atoms with van der Waals surface area (Å²) in [5.74, 6) is -0.256. The monoisotopic (exact) mass is 352 g/mol. The number of nitrogens with one attached hydrogen (secondary N) is 2. The lowest BCUT2D eigenvalue weighted by Gasteiger charge is -2.10. The Morgan fingerprint density at radius 1 is 1.00 bits per heavy atom. The van der Waals surface area contributed by atoms with Gasteiger partial charge >= 0.3 is 0 Å². The highest BCUT2D eigenvalue weighted by Crippen LogP contribution is 2.17. The van der Waals surface area contributed by atoms with Crippen LogP contribution >= 0.6 is 11.6 Å². The fourth-order valence-corrected chi connectivity index (χ4v) is 2.84. The molecule has 122 valence electrons. The van der Waals surface area contributed by atoms with E-state index in [1.165, 1.54) is 24.3 Å². The van der Waals surface area contributed by atoms with Crippen LogP contribution in [0.15, 0.2) is 53.4 Å². The molecule has 2 aromatic rings. The van der Waals surface area contributed by atoms with E-state index in [-0.39, 0.29) is 4.90 Å². The van der Waals surface area contributed by atoms with Crippen molar-refractivity contribution in [1.29, 1.82) is 0 Å². The molecule has 0 radical (unpaired) electrons. The maximum Gasteiger partial charge on any atom is 0.266 e. The van der Waals surface area contributed by atoms with Crippen LogP contribution in [-0.4, -0.2) is 14.3 Å². The van der Waals surface area contributed by atoms with E-state index in [0.29, 0.717) is 16.5 Å². The number of carbonyl (C=O) groups excluding carboxylic acids is 1. The van der Waals surface area contributed by atoms with E-state index in [1.54, 1.807) is 24.3 Å². The average molecular weight is 353 g/mol. The van der Waals surface area contributed by atoms with Crippen LogP contribution in [0.2, 0.25) is 5.02 Å². The summed E-state index contributed by atoms with van der Waals surface area (Å²) in [5.41, 5.74) is 3.51. The number of rotatable bonds is 5. The molecule has 0 aliphatic heterocycles. The average Bonchev–Trinajstić information content (AvgIpc) is 2.53. The largest absolute Gasteiger partial charge is 0.273 e. The summed E-state index contributed by atoms with van der Waals surface area (Å²) < 4.78 is 24.3. The molecular formula is C16H17ClN2O3S. The lowest BCUT2D eigenvalue weighted by atomic mass is 10.0. The second kappa shape index (κ2) is 7.12. The SMILES string of the molecule is CC(C)c1ccc(S(=O)(=O)NNC(=O)c2ccc(Cl)cc2)cc1. The number of carbonyl (C=O) groups is 1. The number of hydrogen-bond donors (Lipinski definition) is 2. The molecule has 2 rings (SSSR count). The quantitative estimate of drug-likeness (QED) is 0.812. The van der Waals surface area contributed by atoms with Crippen LogP contribution < -0.4 is 10.3 Å². The molecule has 0 saturated heterocycles. The van der Waals surface area contributed by atoms with E-state index in [9.17, 15) is 13.2 Å². The third kappa shape index (κ3) is 4.54. The van der Waals surface area contributed by atoms with Gasteiger partial charge < -0.3 is 0 Å². The van der Waals surface area contributed by atoms with E-state index in [1.807, 2.05) is 13.8 Å². The number of hydrogen-bond acceptors (Lipinski definition) is 3. The zero-order valence-corrected chi connectivity index (χ0v) is 14.3. The van der Waals surface area contributed by atoms with Crippen LogP contribution in [0.1, 0.15) is 35.7 Å². The zero-order chi connectivity index (χ0) is 17.0. The molecule has 5 nitrogen and oxygen atoms in total. The first-order chi connectivity index (χ1) is 10.8. The summed E-state index contributed by atoms with van der Waals surface area (Å²) in [5, 5.41) is 0.493. The smallest absolute Gasteiger partial charge is 0.266 e.